The lowest BCUT2D eigenvalue weighted by molar-refractivity contribution is -0.115. The molecule has 2 N–H and O–H groups in total. The van der Waals surface area contributed by atoms with Gasteiger partial charge in [0.05, 0.1) is 11.8 Å². The maximum Gasteiger partial charge on any atom is 0.264 e. The molecule has 1 heterocycles. The molecule has 0 atom stereocenters. The van der Waals surface area contributed by atoms with Crippen molar-refractivity contribution in [2.45, 2.75) is 13.3 Å². The summed E-state index contributed by atoms with van der Waals surface area (Å²) in [4.78, 5) is 22.4. The van der Waals surface area contributed by atoms with Crippen molar-refractivity contribution in [3.63, 3.8) is 0 Å². The molecule has 6 nitrogen and oxygen atoms in total. The summed E-state index contributed by atoms with van der Waals surface area (Å²) in [5.74, 6) is -0.359. The van der Waals surface area contributed by atoms with Crippen LogP contribution in [0.2, 0.25) is 0 Å². The first kappa shape index (κ1) is 13.5. The Kier molecular flexibility index (Phi) is 3.91. The Morgan fingerprint density at radius 1 is 1.40 bits per heavy atom. The summed E-state index contributed by atoms with van der Waals surface area (Å²) < 4.78 is 0. The van der Waals surface area contributed by atoms with Crippen LogP contribution in [0, 0.1) is 18.3 Å². The fourth-order valence-corrected chi connectivity index (χ4v) is 1.69. The van der Waals surface area contributed by atoms with Gasteiger partial charge in [-0.15, -0.1) is 0 Å². The molecule has 0 radical (unpaired) electrons. The van der Waals surface area contributed by atoms with E-state index in [0.29, 0.717) is 11.4 Å². The zero-order valence-electron chi connectivity index (χ0n) is 10.8. The number of hydrogen-bond acceptors (Lipinski definition) is 4. The second-order valence-corrected chi connectivity index (χ2v) is 4.22. The highest BCUT2D eigenvalue weighted by Gasteiger charge is 2.07. The number of carbonyl (C=O) groups is 1. The van der Waals surface area contributed by atoms with Gasteiger partial charge in [0.25, 0.3) is 5.56 Å². The van der Waals surface area contributed by atoms with Crippen LogP contribution in [-0.4, -0.2) is 16.1 Å². The minimum atomic E-state index is -0.359. The molecule has 0 aliphatic carbocycles. The van der Waals surface area contributed by atoms with E-state index in [0.717, 1.165) is 11.1 Å². The number of H-pyrrole nitrogens is 1. The molecule has 0 spiro atoms. The van der Waals surface area contributed by atoms with E-state index >= 15 is 0 Å². The third-order valence-electron chi connectivity index (χ3n) is 2.73. The second-order valence-electron chi connectivity index (χ2n) is 4.22. The molecule has 1 aromatic heterocycles. The summed E-state index contributed by atoms with van der Waals surface area (Å²) in [5, 5.41) is 17.4. The average Bonchev–Trinajstić information content (AvgIpc) is 2.42. The number of nitriles is 1. The molecule has 0 aliphatic heterocycles. The van der Waals surface area contributed by atoms with Crippen molar-refractivity contribution >= 4 is 11.6 Å². The Bertz CT molecular complexity index is 723. The minimum absolute atomic E-state index is 0.194. The van der Waals surface area contributed by atoms with Crippen molar-refractivity contribution in [3.05, 3.63) is 46.2 Å². The number of amides is 1. The van der Waals surface area contributed by atoms with E-state index in [-0.39, 0.29) is 17.9 Å². The largest absolute Gasteiger partial charge is 0.325 e. The van der Waals surface area contributed by atoms with Crippen LogP contribution in [0.4, 0.5) is 5.69 Å². The SMILES string of the molecule is Cc1ccc(-c2ccc(=O)[nH]n2)cc1NC(=O)CC#N. The van der Waals surface area contributed by atoms with Gasteiger partial charge >= 0.3 is 0 Å². The topological polar surface area (TPSA) is 98.6 Å². The van der Waals surface area contributed by atoms with Gasteiger partial charge < -0.3 is 5.32 Å². The Hall–Kier alpha value is -2.94. The zero-order chi connectivity index (χ0) is 14.5. The summed E-state index contributed by atoms with van der Waals surface area (Å²) in [5.41, 5.74) is 2.59. The zero-order valence-corrected chi connectivity index (χ0v) is 10.8. The molecular formula is C14H12N4O2. The number of aromatic nitrogens is 2. The number of nitrogens with zero attached hydrogens (tertiary/aromatic N) is 2. The minimum Gasteiger partial charge on any atom is -0.325 e. The number of anilines is 1. The highest BCUT2D eigenvalue weighted by molar-refractivity contribution is 5.93. The fraction of sp³-hybridized carbons (Fsp3) is 0.143. The normalized spacial score (nSPS) is 9.80. The van der Waals surface area contributed by atoms with E-state index in [1.165, 1.54) is 6.07 Å². The predicted molar refractivity (Wildman–Crippen MR) is 73.9 cm³/mol. The molecule has 20 heavy (non-hydrogen) atoms. The highest BCUT2D eigenvalue weighted by Crippen LogP contribution is 2.23. The van der Waals surface area contributed by atoms with Gasteiger partial charge in [0.15, 0.2) is 0 Å². The van der Waals surface area contributed by atoms with Gasteiger partial charge in [0, 0.05) is 17.3 Å². The Morgan fingerprint density at radius 2 is 2.20 bits per heavy atom. The molecule has 0 saturated heterocycles. The van der Waals surface area contributed by atoms with Crippen LogP contribution in [0.5, 0.6) is 0 Å². The number of aryl methyl sites for hydroxylation is 1. The molecule has 1 amide bonds. The lowest BCUT2D eigenvalue weighted by Gasteiger charge is -2.09. The molecule has 100 valence electrons. The summed E-state index contributed by atoms with van der Waals surface area (Å²) in [6, 6.07) is 10.2. The smallest absolute Gasteiger partial charge is 0.264 e. The van der Waals surface area contributed by atoms with Crippen molar-refractivity contribution < 1.29 is 4.79 Å². The Balaban J connectivity index is 2.33. The van der Waals surface area contributed by atoms with Crippen LogP contribution in [0.3, 0.4) is 0 Å². The summed E-state index contributed by atoms with van der Waals surface area (Å²) in [6.07, 6.45) is -0.194. The van der Waals surface area contributed by atoms with E-state index in [1.807, 2.05) is 19.1 Å². The molecule has 1 aromatic carbocycles. The lowest BCUT2D eigenvalue weighted by atomic mass is 10.1. The number of carbonyl (C=O) groups excluding carboxylic acids is 1. The number of benzene rings is 1. The van der Waals surface area contributed by atoms with Gasteiger partial charge in [-0.05, 0) is 24.6 Å². The van der Waals surface area contributed by atoms with Crippen molar-refractivity contribution in [3.8, 4) is 17.3 Å². The molecule has 0 fully saturated rings. The van der Waals surface area contributed by atoms with E-state index in [2.05, 4.69) is 15.5 Å². The first-order chi connectivity index (χ1) is 9.60. The summed E-state index contributed by atoms with van der Waals surface area (Å²) in [7, 11) is 0. The Labute approximate surface area is 115 Å². The van der Waals surface area contributed by atoms with Crippen LogP contribution in [-0.2, 0) is 4.79 Å². The van der Waals surface area contributed by atoms with Crippen molar-refractivity contribution in [1.82, 2.24) is 10.2 Å². The molecular weight excluding hydrogens is 256 g/mol. The maximum absolute atomic E-state index is 11.5. The average molecular weight is 268 g/mol. The van der Waals surface area contributed by atoms with Crippen LogP contribution in [0.15, 0.2) is 35.1 Å². The molecule has 2 aromatic rings. The fourth-order valence-electron chi connectivity index (χ4n) is 1.69. The first-order valence-corrected chi connectivity index (χ1v) is 5.93. The molecule has 6 heteroatoms. The monoisotopic (exact) mass is 268 g/mol. The van der Waals surface area contributed by atoms with Crippen LogP contribution >= 0.6 is 0 Å². The quantitative estimate of drug-likeness (QED) is 0.883. The van der Waals surface area contributed by atoms with Crippen molar-refractivity contribution in [2.75, 3.05) is 5.32 Å². The first-order valence-electron chi connectivity index (χ1n) is 5.93. The molecule has 0 aliphatic rings. The predicted octanol–water partition coefficient (Wildman–Crippen LogP) is 1.60. The highest BCUT2D eigenvalue weighted by atomic mass is 16.1. The van der Waals surface area contributed by atoms with Crippen LogP contribution in [0.1, 0.15) is 12.0 Å². The van der Waals surface area contributed by atoms with Gasteiger partial charge in [-0.1, -0.05) is 12.1 Å². The van der Waals surface area contributed by atoms with E-state index < -0.39 is 0 Å². The number of aromatic amines is 1. The third kappa shape index (κ3) is 3.09. The number of hydrogen-bond donors (Lipinski definition) is 2. The molecule has 0 saturated carbocycles. The standard InChI is InChI=1S/C14H12N4O2/c1-9-2-3-10(11-4-5-14(20)18-17-11)8-12(9)16-13(19)6-7-15/h2-5,8H,6H2,1H3,(H,16,19)(H,18,20). The van der Waals surface area contributed by atoms with Gasteiger partial charge in [-0.3, -0.25) is 9.59 Å². The van der Waals surface area contributed by atoms with E-state index in [1.54, 1.807) is 18.2 Å². The van der Waals surface area contributed by atoms with Crippen molar-refractivity contribution in [2.24, 2.45) is 0 Å². The van der Waals surface area contributed by atoms with Crippen molar-refractivity contribution in [1.29, 1.82) is 5.26 Å². The number of nitrogens with one attached hydrogen (secondary N) is 2. The summed E-state index contributed by atoms with van der Waals surface area (Å²) >= 11 is 0. The third-order valence-corrected chi connectivity index (χ3v) is 2.73. The van der Waals surface area contributed by atoms with E-state index in [9.17, 15) is 9.59 Å². The number of rotatable bonds is 3. The van der Waals surface area contributed by atoms with Crippen LogP contribution in [0.25, 0.3) is 11.3 Å². The Morgan fingerprint density at radius 3 is 2.85 bits per heavy atom. The molecule has 0 bridgehead atoms. The van der Waals surface area contributed by atoms with Gasteiger partial charge in [-0.25, -0.2) is 5.10 Å². The molecule has 0 unspecified atom stereocenters. The lowest BCUT2D eigenvalue weighted by Crippen LogP contribution is -2.11. The van der Waals surface area contributed by atoms with Gasteiger partial charge in [0.1, 0.15) is 6.42 Å². The molecule has 2 rings (SSSR count). The van der Waals surface area contributed by atoms with E-state index in [4.69, 9.17) is 5.26 Å². The summed E-state index contributed by atoms with van der Waals surface area (Å²) in [6.45, 7) is 1.85. The van der Waals surface area contributed by atoms with Gasteiger partial charge in [0.2, 0.25) is 5.91 Å². The van der Waals surface area contributed by atoms with Gasteiger partial charge in [-0.2, -0.15) is 10.4 Å². The second kappa shape index (κ2) is 5.80. The maximum atomic E-state index is 11.5. The van der Waals surface area contributed by atoms with Crippen LogP contribution < -0.4 is 10.9 Å².